The van der Waals surface area contributed by atoms with Crippen LogP contribution in [0.3, 0.4) is 0 Å². The second-order valence-corrected chi connectivity index (χ2v) is 5.00. The first-order chi connectivity index (χ1) is 10.6. The molecule has 1 aliphatic rings. The first kappa shape index (κ1) is 16.2. The Kier molecular flexibility index (Phi) is 6.12. The molecule has 1 aromatic rings. The molecule has 0 spiro atoms. The topological polar surface area (TPSA) is 59.9 Å². The minimum atomic E-state index is -2.85. The third-order valence-electron chi connectivity index (χ3n) is 3.30. The molecule has 0 bridgehead atoms. The first-order valence-electron chi connectivity index (χ1n) is 7.13. The minimum absolute atomic E-state index is 0.0732. The van der Waals surface area contributed by atoms with Crippen LogP contribution >= 0.6 is 0 Å². The molecule has 1 fully saturated rings. The molecule has 0 unspecified atom stereocenters. The molecular weight excluding hydrogens is 294 g/mol. The molecule has 22 heavy (non-hydrogen) atoms. The molecule has 0 radical (unpaired) electrons. The van der Waals surface area contributed by atoms with Crippen molar-refractivity contribution in [2.45, 2.75) is 38.3 Å². The summed E-state index contributed by atoms with van der Waals surface area (Å²) in [6, 6.07) is 6.18. The highest BCUT2D eigenvalue weighted by Crippen LogP contribution is 2.17. The van der Waals surface area contributed by atoms with Crippen molar-refractivity contribution in [1.29, 1.82) is 0 Å². The molecule has 0 aromatic heterocycles. The number of hydrogen-bond donors (Lipinski definition) is 1. The van der Waals surface area contributed by atoms with Gasteiger partial charge in [-0.25, -0.2) is 0 Å². The number of halogens is 2. The number of ether oxygens (including phenoxy) is 1. The summed E-state index contributed by atoms with van der Waals surface area (Å²) < 4.78 is 28.2. The van der Waals surface area contributed by atoms with Crippen LogP contribution in [0.4, 0.5) is 8.78 Å². The van der Waals surface area contributed by atoms with E-state index in [0.29, 0.717) is 5.56 Å². The van der Waals surface area contributed by atoms with Gasteiger partial charge in [0.05, 0.1) is 6.21 Å². The number of hydrogen-bond acceptors (Lipinski definition) is 4. The summed E-state index contributed by atoms with van der Waals surface area (Å²) in [5.74, 6) is -0.117. The van der Waals surface area contributed by atoms with E-state index in [1.54, 1.807) is 12.1 Å². The monoisotopic (exact) mass is 312 g/mol. The van der Waals surface area contributed by atoms with Gasteiger partial charge in [0, 0.05) is 6.04 Å². The van der Waals surface area contributed by atoms with Crippen molar-refractivity contribution < 1.29 is 23.1 Å². The molecule has 7 heteroatoms. The van der Waals surface area contributed by atoms with Crippen molar-refractivity contribution in [1.82, 2.24) is 5.32 Å². The Morgan fingerprint density at radius 2 is 2.00 bits per heavy atom. The first-order valence-corrected chi connectivity index (χ1v) is 7.13. The van der Waals surface area contributed by atoms with Gasteiger partial charge in [-0.3, -0.25) is 4.79 Å². The molecular formula is C15H18F2N2O3. The molecule has 2 rings (SSSR count). The van der Waals surface area contributed by atoms with Gasteiger partial charge in [-0.1, -0.05) is 18.0 Å². The van der Waals surface area contributed by atoms with Gasteiger partial charge in [0.1, 0.15) is 5.75 Å². The summed E-state index contributed by atoms with van der Waals surface area (Å²) in [6.45, 7) is -2.99. The van der Waals surface area contributed by atoms with E-state index in [1.807, 2.05) is 0 Å². The highest BCUT2D eigenvalue weighted by Gasteiger charge is 2.16. The molecule has 0 heterocycles. The van der Waals surface area contributed by atoms with E-state index < -0.39 is 6.61 Å². The fraction of sp³-hybridized carbons (Fsp3) is 0.467. The Morgan fingerprint density at radius 1 is 1.32 bits per heavy atom. The second-order valence-electron chi connectivity index (χ2n) is 5.00. The second kappa shape index (κ2) is 8.31. The lowest BCUT2D eigenvalue weighted by Gasteiger charge is -2.10. The predicted octanol–water partition coefficient (Wildman–Crippen LogP) is 2.70. The van der Waals surface area contributed by atoms with Crippen LogP contribution in [-0.4, -0.2) is 31.4 Å². The summed E-state index contributed by atoms with van der Waals surface area (Å²) in [5, 5.41) is 6.55. The predicted molar refractivity (Wildman–Crippen MR) is 77.0 cm³/mol. The van der Waals surface area contributed by atoms with Crippen molar-refractivity contribution in [3.63, 3.8) is 0 Å². The zero-order valence-electron chi connectivity index (χ0n) is 12.0. The van der Waals surface area contributed by atoms with Crippen molar-refractivity contribution in [3.8, 4) is 5.75 Å². The third kappa shape index (κ3) is 5.67. The van der Waals surface area contributed by atoms with Gasteiger partial charge >= 0.3 is 6.61 Å². The van der Waals surface area contributed by atoms with Gasteiger partial charge in [-0.05, 0) is 42.7 Å². The summed E-state index contributed by atoms with van der Waals surface area (Å²) in [5.41, 5.74) is 0.651. The van der Waals surface area contributed by atoms with Gasteiger partial charge in [0.15, 0.2) is 6.61 Å². The van der Waals surface area contributed by atoms with Gasteiger partial charge in [-0.2, -0.15) is 8.78 Å². The molecule has 1 N–H and O–H groups in total. The van der Waals surface area contributed by atoms with E-state index in [-0.39, 0.29) is 24.3 Å². The minimum Gasteiger partial charge on any atom is -0.435 e. The highest BCUT2D eigenvalue weighted by molar-refractivity contribution is 5.80. The van der Waals surface area contributed by atoms with Crippen LogP contribution < -0.4 is 10.1 Å². The molecule has 0 aliphatic heterocycles. The van der Waals surface area contributed by atoms with Crippen LogP contribution in [-0.2, 0) is 9.63 Å². The van der Waals surface area contributed by atoms with Crippen LogP contribution in [0.2, 0.25) is 0 Å². The summed E-state index contributed by atoms with van der Waals surface area (Å²) in [4.78, 5) is 16.5. The number of oxime groups is 1. The standard InChI is InChI=1S/C15H18F2N2O3/c16-15(17)22-13-7-5-11(6-8-13)9-18-21-10-14(20)19-12-3-1-2-4-12/h5-9,12,15H,1-4,10H2,(H,19,20)/b18-9+. The number of carbonyl (C=O) groups is 1. The Morgan fingerprint density at radius 3 is 2.64 bits per heavy atom. The fourth-order valence-electron chi connectivity index (χ4n) is 2.27. The van der Waals surface area contributed by atoms with Crippen LogP contribution in [0.25, 0.3) is 0 Å². The number of alkyl halides is 2. The van der Waals surface area contributed by atoms with Gasteiger partial charge in [0.2, 0.25) is 0 Å². The zero-order chi connectivity index (χ0) is 15.8. The van der Waals surface area contributed by atoms with E-state index in [4.69, 9.17) is 4.84 Å². The van der Waals surface area contributed by atoms with Crippen molar-refractivity contribution in [3.05, 3.63) is 29.8 Å². The molecule has 1 amide bonds. The Labute approximate surface area is 127 Å². The number of nitrogens with zero attached hydrogens (tertiary/aromatic N) is 1. The summed E-state index contributed by atoms with van der Waals surface area (Å²) in [6.07, 6.45) is 5.73. The van der Waals surface area contributed by atoms with E-state index >= 15 is 0 Å². The van der Waals surface area contributed by atoms with Gasteiger partial charge < -0.3 is 14.9 Å². The summed E-state index contributed by atoms with van der Waals surface area (Å²) in [7, 11) is 0. The quantitative estimate of drug-likeness (QED) is 0.622. The Bertz CT molecular complexity index is 500. The zero-order valence-corrected chi connectivity index (χ0v) is 12.0. The van der Waals surface area contributed by atoms with Crippen molar-refractivity contribution in [2.24, 2.45) is 5.16 Å². The lowest BCUT2D eigenvalue weighted by atomic mass is 10.2. The molecule has 1 saturated carbocycles. The maximum atomic E-state index is 12.0. The van der Waals surface area contributed by atoms with Crippen molar-refractivity contribution >= 4 is 12.1 Å². The van der Waals surface area contributed by atoms with E-state index in [9.17, 15) is 13.6 Å². The number of nitrogens with one attached hydrogen (secondary N) is 1. The van der Waals surface area contributed by atoms with Crippen LogP contribution in [0.15, 0.2) is 29.4 Å². The van der Waals surface area contributed by atoms with E-state index in [2.05, 4.69) is 15.2 Å². The molecule has 1 aliphatic carbocycles. The maximum absolute atomic E-state index is 12.0. The smallest absolute Gasteiger partial charge is 0.387 e. The highest BCUT2D eigenvalue weighted by atomic mass is 19.3. The fourth-order valence-corrected chi connectivity index (χ4v) is 2.27. The Hall–Kier alpha value is -2.18. The summed E-state index contributed by atoms with van der Waals surface area (Å²) >= 11 is 0. The average molecular weight is 312 g/mol. The number of amides is 1. The van der Waals surface area contributed by atoms with E-state index in [1.165, 1.54) is 18.3 Å². The third-order valence-corrected chi connectivity index (χ3v) is 3.30. The normalized spacial score (nSPS) is 15.4. The lowest BCUT2D eigenvalue weighted by Crippen LogP contribution is -2.34. The maximum Gasteiger partial charge on any atom is 0.387 e. The van der Waals surface area contributed by atoms with E-state index in [0.717, 1.165) is 25.7 Å². The van der Waals surface area contributed by atoms with Crippen LogP contribution in [0.1, 0.15) is 31.2 Å². The lowest BCUT2D eigenvalue weighted by molar-refractivity contribution is -0.126. The molecule has 0 saturated heterocycles. The average Bonchev–Trinajstić information content (AvgIpc) is 2.97. The number of carbonyl (C=O) groups excluding carboxylic acids is 1. The van der Waals surface area contributed by atoms with Gasteiger partial charge in [-0.15, -0.1) is 0 Å². The SMILES string of the molecule is O=C(CO/N=C/c1ccc(OC(F)F)cc1)NC1CCCC1. The largest absolute Gasteiger partial charge is 0.435 e. The molecule has 5 nitrogen and oxygen atoms in total. The molecule has 0 atom stereocenters. The molecule has 1 aromatic carbocycles. The molecule has 120 valence electrons. The van der Waals surface area contributed by atoms with Crippen molar-refractivity contribution in [2.75, 3.05) is 6.61 Å². The van der Waals surface area contributed by atoms with Crippen LogP contribution in [0.5, 0.6) is 5.75 Å². The van der Waals surface area contributed by atoms with Gasteiger partial charge in [0.25, 0.3) is 5.91 Å². The van der Waals surface area contributed by atoms with Crippen LogP contribution in [0, 0.1) is 0 Å². The Balaban J connectivity index is 1.69. The number of rotatable bonds is 7. The number of benzene rings is 1.